The summed E-state index contributed by atoms with van der Waals surface area (Å²) in [5, 5.41) is 0. The third-order valence-electron chi connectivity index (χ3n) is 6.88. The number of hydrogen-bond acceptors (Lipinski definition) is 4. The maximum absolute atomic E-state index is 12.6. The van der Waals surface area contributed by atoms with Gasteiger partial charge in [0, 0.05) is 69.5 Å². The standard InChI is InChI=1S/C23H36N4O/c1-18(2)20-5-7-21(8-6-20)26-14-23(15-26)16-27(17-23)22(28)13-24-9-11-25(12-10-24)19(3)4/h5-8,18-19H,9-17H2,1-4H3. The second-order valence-corrected chi connectivity index (χ2v) is 9.76. The average Bonchev–Trinajstić information content (AvgIpc) is 2.60. The summed E-state index contributed by atoms with van der Waals surface area (Å²) in [5.74, 6) is 0.902. The largest absolute Gasteiger partial charge is 0.370 e. The highest BCUT2D eigenvalue weighted by molar-refractivity contribution is 5.79. The quantitative estimate of drug-likeness (QED) is 0.780. The lowest BCUT2D eigenvalue weighted by Gasteiger charge is -2.61. The number of carbonyl (C=O) groups is 1. The minimum Gasteiger partial charge on any atom is -0.370 e. The zero-order valence-electron chi connectivity index (χ0n) is 18.0. The number of benzene rings is 1. The number of rotatable bonds is 5. The Balaban J connectivity index is 1.20. The fraction of sp³-hybridized carbons (Fsp3) is 0.696. The summed E-state index contributed by atoms with van der Waals surface area (Å²) < 4.78 is 0. The average molecular weight is 385 g/mol. The van der Waals surface area contributed by atoms with Gasteiger partial charge in [-0.2, -0.15) is 0 Å². The van der Waals surface area contributed by atoms with E-state index in [4.69, 9.17) is 0 Å². The van der Waals surface area contributed by atoms with Crippen molar-refractivity contribution in [3.8, 4) is 0 Å². The molecule has 0 N–H and O–H groups in total. The third kappa shape index (κ3) is 3.92. The van der Waals surface area contributed by atoms with E-state index in [2.05, 4.69) is 71.6 Å². The molecule has 5 heteroatoms. The van der Waals surface area contributed by atoms with Gasteiger partial charge < -0.3 is 9.80 Å². The summed E-state index contributed by atoms with van der Waals surface area (Å²) in [7, 11) is 0. The molecule has 0 atom stereocenters. The first-order valence-corrected chi connectivity index (χ1v) is 10.9. The van der Waals surface area contributed by atoms with Crippen LogP contribution in [0.3, 0.4) is 0 Å². The second-order valence-electron chi connectivity index (χ2n) is 9.76. The van der Waals surface area contributed by atoms with E-state index in [-0.39, 0.29) is 0 Å². The summed E-state index contributed by atoms with van der Waals surface area (Å²) in [6.07, 6.45) is 0. The van der Waals surface area contributed by atoms with Crippen molar-refractivity contribution < 1.29 is 4.79 Å². The number of carbonyl (C=O) groups excluding carboxylic acids is 1. The summed E-state index contributed by atoms with van der Waals surface area (Å²) >= 11 is 0. The van der Waals surface area contributed by atoms with Crippen molar-refractivity contribution in [1.29, 1.82) is 0 Å². The van der Waals surface area contributed by atoms with E-state index in [1.165, 1.54) is 11.3 Å². The van der Waals surface area contributed by atoms with Gasteiger partial charge in [0.2, 0.25) is 5.91 Å². The normalized spacial score (nSPS) is 22.6. The fourth-order valence-corrected chi connectivity index (χ4v) is 4.88. The Bertz CT molecular complexity index is 677. The number of likely N-dealkylation sites (tertiary alicyclic amines) is 1. The Morgan fingerprint density at radius 2 is 1.54 bits per heavy atom. The monoisotopic (exact) mass is 384 g/mol. The molecule has 4 rings (SSSR count). The minimum atomic E-state index is 0.323. The molecule has 0 radical (unpaired) electrons. The van der Waals surface area contributed by atoms with E-state index < -0.39 is 0 Å². The van der Waals surface area contributed by atoms with Gasteiger partial charge in [0.15, 0.2) is 0 Å². The number of amides is 1. The van der Waals surface area contributed by atoms with Crippen LogP contribution in [0, 0.1) is 5.41 Å². The number of anilines is 1. The predicted molar refractivity (Wildman–Crippen MR) is 115 cm³/mol. The van der Waals surface area contributed by atoms with Crippen molar-refractivity contribution in [2.75, 3.05) is 63.8 Å². The van der Waals surface area contributed by atoms with Crippen LogP contribution < -0.4 is 4.90 Å². The fourth-order valence-electron chi connectivity index (χ4n) is 4.88. The van der Waals surface area contributed by atoms with E-state index in [9.17, 15) is 4.79 Å². The van der Waals surface area contributed by atoms with Crippen LogP contribution in [0.5, 0.6) is 0 Å². The maximum Gasteiger partial charge on any atom is 0.236 e. The van der Waals surface area contributed by atoms with E-state index in [0.717, 1.165) is 52.4 Å². The molecule has 0 bridgehead atoms. The third-order valence-corrected chi connectivity index (χ3v) is 6.88. The summed E-state index contributed by atoms with van der Waals surface area (Å²) in [4.78, 5) is 22.0. The summed E-state index contributed by atoms with van der Waals surface area (Å²) in [6, 6.07) is 9.61. The number of piperazine rings is 1. The summed E-state index contributed by atoms with van der Waals surface area (Å²) in [6.45, 7) is 17.8. The molecule has 3 aliphatic heterocycles. The molecule has 0 unspecified atom stereocenters. The van der Waals surface area contributed by atoms with E-state index in [0.29, 0.717) is 29.8 Å². The topological polar surface area (TPSA) is 30.0 Å². The molecular formula is C23H36N4O. The first-order chi connectivity index (χ1) is 13.3. The molecule has 3 fully saturated rings. The SMILES string of the molecule is CC(C)c1ccc(N2CC3(CN(C(=O)CN4CCN(C(C)C)CC4)C3)C2)cc1. The molecule has 0 aromatic heterocycles. The van der Waals surface area contributed by atoms with Crippen molar-refractivity contribution in [3.05, 3.63) is 29.8 Å². The smallest absolute Gasteiger partial charge is 0.236 e. The van der Waals surface area contributed by atoms with Gasteiger partial charge in [-0.25, -0.2) is 0 Å². The number of nitrogens with zero attached hydrogens (tertiary/aromatic N) is 4. The molecule has 0 saturated carbocycles. The van der Waals surface area contributed by atoms with Crippen molar-refractivity contribution in [3.63, 3.8) is 0 Å². The molecule has 3 aliphatic rings. The first kappa shape index (κ1) is 19.7. The van der Waals surface area contributed by atoms with Crippen LogP contribution in [0.4, 0.5) is 5.69 Å². The zero-order chi connectivity index (χ0) is 19.9. The Labute approximate surface area is 170 Å². The van der Waals surface area contributed by atoms with Gasteiger partial charge in [0.1, 0.15) is 0 Å². The van der Waals surface area contributed by atoms with Gasteiger partial charge >= 0.3 is 0 Å². The molecule has 3 saturated heterocycles. The lowest BCUT2D eigenvalue weighted by molar-refractivity contribution is -0.146. The Morgan fingerprint density at radius 3 is 2.07 bits per heavy atom. The lowest BCUT2D eigenvalue weighted by atomic mass is 9.72. The van der Waals surface area contributed by atoms with Gasteiger partial charge in [-0.1, -0.05) is 26.0 Å². The van der Waals surface area contributed by atoms with Crippen LogP contribution in [-0.4, -0.2) is 85.6 Å². The second kappa shape index (κ2) is 7.68. The molecule has 1 aromatic rings. The van der Waals surface area contributed by atoms with Gasteiger partial charge in [-0.3, -0.25) is 14.6 Å². The Morgan fingerprint density at radius 1 is 0.929 bits per heavy atom. The van der Waals surface area contributed by atoms with Crippen molar-refractivity contribution in [2.24, 2.45) is 5.41 Å². The van der Waals surface area contributed by atoms with Crippen LogP contribution >= 0.6 is 0 Å². The lowest BCUT2D eigenvalue weighted by Crippen LogP contribution is -2.73. The van der Waals surface area contributed by atoms with Gasteiger partial charge in [0.05, 0.1) is 6.54 Å². The van der Waals surface area contributed by atoms with Crippen LogP contribution in [0.1, 0.15) is 39.2 Å². The molecule has 1 aromatic carbocycles. The molecule has 1 amide bonds. The molecular weight excluding hydrogens is 348 g/mol. The van der Waals surface area contributed by atoms with Crippen LogP contribution in [0.15, 0.2) is 24.3 Å². The molecule has 0 aliphatic carbocycles. The molecule has 28 heavy (non-hydrogen) atoms. The molecule has 1 spiro atoms. The highest BCUT2D eigenvalue weighted by atomic mass is 16.2. The predicted octanol–water partition coefficient (Wildman–Crippen LogP) is 2.48. The molecule has 154 valence electrons. The van der Waals surface area contributed by atoms with Gasteiger partial charge in [-0.05, 0) is 37.5 Å². The van der Waals surface area contributed by atoms with Crippen LogP contribution in [-0.2, 0) is 4.79 Å². The van der Waals surface area contributed by atoms with E-state index >= 15 is 0 Å². The van der Waals surface area contributed by atoms with Crippen molar-refractivity contribution >= 4 is 11.6 Å². The first-order valence-electron chi connectivity index (χ1n) is 10.9. The highest BCUT2D eigenvalue weighted by Crippen LogP contribution is 2.42. The number of hydrogen-bond donors (Lipinski definition) is 0. The Kier molecular flexibility index (Phi) is 5.41. The van der Waals surface area contributed by atoms with Gasteiger partial charge in [-0.15, -0.1) is 0 Å². The van der Waals surface area contributed by atoms with Gasteiger partial charge in [0.25, 0.3) is 0 Å². The zero-order valence-corrected chi connectivity index (χ0v) is 18.0. The summed E-state index contributed by atoms with van der Waals surface area (Å²) in [5.41, 5.74) is 3.07. The van der Waals surface area contributed by atoms with E-state index in [1.807, 2.05) is 0 Å². The maximum atomic E-state index is 12.6. The van der Waals surface area contributed by atoms with Crippen molar-refractivity contribution in [1.82, 2.24) is 14.7 Å². The highest BCUT2D eigenvalue weighted by Gasteiger charge is 2.53. The van der Waals surface area contributed by atoms with Crippen molar-refractivity contribution in [2.45, 2.75) is 39.7 Å². The molecule has 3 heterocycles. The van der Waals surface area contributed by atoms with Crippen LogP contribution in [0.25, 0.3) is 0 Å². The van der Waals surface area contributed by atoms with E-state index in [1.54, 1.807) is 0 Å². The van der Waals surface area contributed by atoms with Crippen LogP contribution in [0.2, 0.25) is 0 Å². The Hall–Kier alpha value is -1.59. The minimum absolute atomic E-state index is 0.323. The molecule has 5 nitrogen and oxygen atoms in total.